The number of hydrogen-bond donors (Lipinski definition) is 1. The van der Waals surface area contributed by atoms with E-state index in [1.165, 1.54) is 17.6 Å². The van der Waals surface area contributed by atoms with Crippen LogP contribution in [0.25, 0.3) is 32.8 Å². The standard InChI is InChI=1S/C25H21ClFN3O2S.CH3F/c1-2-5-21(32)29-8-10-30(11-9-29)25-19-14-20(26)22(23(27)24(19)28-33-25)18-13-16(31)12-15-6-3-4-7-17(15)18;1-2/h2-7,12-14,31H,8-11H2,1H3;1H3/b5-2-;. The molecule has 0 saturated carbocycles. The zero-order valence-electron chi connectivity index (χ0n) is 19.3. The molecule has 0 aliphatic carbocycles. The van der Waals surface area contributed by atoms with Crippen LogP contribution in [0.15, 0.2) is 54.6 Å². The number of carbonyl (C=O) groups excluding carboxylic acids is 1. The molecule has 5 nitrogen and oxygen atoms in total. The number of phenols is 1. The molecule has 35 heavy (non-hydrogen) atoms. The maximum absolute atomic E-state index is 15.8. The summed E-state index contributed by atoms with van der Waals surface area (Å²) in [5.41, 5.74) is 1.02. The van der Waals surface area contributed by atoms with E-state index in [0.29, 0.717) is 44.3 Å². The third kappa shape index (κ3) is 4.68. The molecule has 0 unspecified atom stereocenters. The molecule has 4 aromatic rings. The number of allylic oxidation sites excluding steroid dienone is 1. The van der Waals surface area contributed by atoms with E-state index in [1.54, 1.807) is 29.2 Å². The Balaban J connectivity index is 0.00000141. The summed E-state index contributed by atoms with van der Waals surface area (Å²) in [5, 5.41) is 13.6. The fourth-order valence-corrected chi connectivity index (χ4v) is 5.56. The third-order valence-electron chi connectivity index (χ3n) is 5.95. The number of alkyl halides is 1. The van der Waals surface area contributed by atoms with Crippen LogP contribution in [0.1, 0.15) is 6.92 Å². The van der Waals surface area contributed by atoms with E-state index in [0.717, 1.165) is 15.8 Å². The molecule has 1 amide bonds. The Hall–Kier alpha value is -3.23. The van der Waals surface area contributed by atoms with Gasteiger partial charge in [-0.3, -0.25) is 9.18 Å². The number of amides is 1. The van der Waals surface area contributed by atoms with Crippen LogP contribution >= 0.6 is 23.1 Å². The topological polar surface area (TPSA) is 56.7 Å². The van der Waals surface area contributed by atoms with Gasteiger partial charge in [0, 0.05) is 37.1 Å². The maximum Gasteiger partial charge on any atom is 0.246 e. The molecule has 0 spiro atoms. The second-order valence-corrected chi connectivity index (χ2v) is 9.12. The van der Waals surface area contributed by atoms with Gasteiger partial charge in [0.05, 0.1) is 12.2 Å². The first-order valence-corrected chi connectivity index (χ1v) is 12.2. The Morgan fingerprint density at radius 2 is 1.83 bits per heavy atom. The highest BCUT2D eigenvalue weighted by Gasteiger charge is 2.26. The number of phenolic OH excluding ortho intramolecular Hbond substituents is 1. The Kier molecular flexibility index (Phi) is 7.52. The van der Waals surface area contributed by atoms with Crippen LogP contribution in [0.2, 0.25) is 5.02 Å². The number of anilines is 1. The monoisotopic (exact) mass is 515 g/mol. The number of rotatable bonds is 3. The van der Waals surface area contributed by atoms with Crippen LogP contribution in [0, 0.1) is 5.82 Å². The smallest absolute Gasteiger partial charge is 0.246 e. The number of hydrogen-bond acceptors (Lipinski definition) is 5. The van der Waals surface area contributed by atoms with Gasteiger partial charge in [0.1, 0.15) is 16.3 Å². The Labute approximate surface area is 211 Å². The molecule has 1 aromatic heterocycles. The second kappa shape index (κ2) is 10.6. The fourth-order valence-electron chi connectivity index (χ4n) is 4.35. The summed E-state index contributed by atoms with van der Waals surface area (Å²) in [4.78, 5) is 16.0. The minimum Gasteiger partial charge on any atom is -0.508 e. The van der Waals surface area contributed by atoms with Crippen molar-refractivity contribution in [2.24, 2.45) is 0 Å². The number of halogens is 3. The van der Waals surface area contributed by atoms with Crippen molar-refractivity contribution in [3.05, 3.63) is 65.5 Å². The van der Waals surface area contributed by atoms with Crippen LogP contribution in [-0.4, -0.2) is 53.6 Å². The molecule has 1 aliphatic rings. The number of piperazine rings is 1. The lowest BCUT2D eigenvalue weighted by Gasteiger charge is -2.34. The summed E-state index contributed by atoms with van der Waals surface area (Å²) in [6, 6.07) is 12.4. The molecule has 1 N–H and O–H groups in total. The van der Waals surface area contributed by atoms with E-state index in [4.69, 9.17) is 11.6 Å². The van der Waals surface area contributed by atoms with Crippen molar-refractivity contribution in [2.45, 2.75) is 6.92 Å². The van der Waals surface area contributed by atoms with Gasteiger partial charge in [0.15, 0.2) is 5.82 Å². The zero-order valence-corrected chi connectivity index (χ0v) is 20.8. The van der Waals surface area contributed by atoms with Crippen LogP contribution in [0.5, 0.6) is 5.75 Å². The molecule has 0 atom stereocenters. The normalized spacial score (nSPS) is 14.0. The van der Waals surface area contributed by atoms with Crippen LogP contribution < -0.4 is 4.90 Å². The van der Waals surface area contributed by atoms with Crippen molar-refractivity contribution in [3.63, 3.8) is 0 Å². The average molecular weight is 516 g/mol. The number of aromatic hydroxyl groups is 1. The quantitative estimate of drug-likeness (QED) is 0.320. The van der Waals surface area contributed by atoms with Gasteiger partial charge in [-0.05, 0) is 59.1 Å². The first-order chi connectivity index (χ1) is 17.0. The lowest BCUT2D eigenvalue weighted by molar-refractivity contribution is -0.126. The molecule has 182 valence electrons. The van der Waals surface area contributed by atoms with Gasteiger partial charge in [0.2, 0.25) is 5.91 Å². The number of aromatic nitrogens is 1. The summed E-state index contributed by atoms with van der Waals surface area (Å²) >= 11 is 7.87. The highest BCUT2D eigenvalue weighted by molar-refractivity contribution is 7.11. The molecule has 2 heterocycles. The summed E-state index contributed by atoms with van der Waals surface area (Å²) in [6.07, 6.45) is 3.31. The van der Waals surface area contributed by atoms with E-state index in [2.05, 4.69) is 9.27 Å². The van der Waals surface area contributed by atoms with Crippen molar-refractivity contribution >= 4 is 55.7 Å². The number of carbonyl (C=O) groups is 1. The first kappa shape index (κ1) is 24.9. The molecule has 9 heteroatoms. The summed E-state index contributed by atoms with van der Waals surface area (Å²) < 4.78 is 29.7. The van der Waals surface area contributed by atoms with Crippen LogP contribution in [0.4, 0.5) is 13.8 Å². The fraction of sp³-hybridized carbons (Fsp3) is 0.231. The molecule has 0 bridgehead atoms. The Morgan fingerprint density at radius 1 is 1.11 bits per heavy atom. The summed E-state index contributed by atoms with van der Waals surface area (Å²) in [5.74, 6) is -0.454. The minimum atomic E-state index is -0.502. The molecular formula is C26H24ClF2N3O2S. The van der Waals surface area contributed by atoms with E-state index in [1.807, 2.05) is 31.2 Å². The van der Waals surface area contributed by atoms with Gasteiger partial charge in [0.25, 0.3) is 0 Å². The molecular weight excluding hydrogens is 492 g/mol. The van der Waals surface area contributed by atoms with E-state index >= 15 is 4.39 Å². The van der Waals surface area contributed by atoms with Gasteiger partial charge in [-0.2, -0.15) is 4.37 Å². The van der Waals surface area contributed by atoms with Crippen molar-refractivity contribution in [1.82, 2.24) is 9.27 Å². The predicted molar refractivity (Wildman–Crippen MR) is 140 cm³/mol. The van der Waals surface area contributed by atoms with E-state index in [9.17, 15) is 14.3 Å². The predicted octanol–water partition coefficient (Wildman–Crippen LogP) is 6.43. The highest BCUT2D eigenvalue weighted by atomic mass is 35.5. The van der Waals surface area contributed by atoms with Gasteiger partial charge in [-0.25, -0.2) is 4.39 Å². The molecule has 0 radical (unpaired) electrons. The first-order valence-electron chi connectivity index (χ1n) is 11.0. The van der Waals surface area contributed by atoms with Crippen molar-refractivity contribution in [1.29, 1.82) is 0 Å². The Morgan fingerprint density at radius 3 is 2.54 bits per heavy atom. The lowest BCUT2D eigenvalue weighted by atomic mass is 9.96. The summed E-state index contributed by atoms with van der Waals surface area (Å²) in [6.45, 7) is 4.28. The molecule has 1 saturated heterocycles. The average Bonchev–Trinajstić information content (AvgIpc) is 3.29. The van der Waals surface area contributed by atoms with E-state index < -0.39 is 5.82 Å². The van der Waals surface area contributed by atoms with Gasteiger partial charge in [-0.15, -0.1) is 0 Å². The van der Waals surface area contributed by atoms with Crippen molar-refractivity contribution < 1.29 is 18.7 Å². The van der Waals surface area contributed by atoms with Gasteiger partial charge in [-0.1, -0.05) is 41.9 Å². The number of benzene rings is 3. The van der Waals surface area contributed by atoms with Crippen molar-refractivity contribution in [3.8, 4) is 16.9 Å². The lowest BCUT2D eigenvalue weighted by Crippen LogP contribution is -2.48. The highest BCUT2D eigenvalue weighted by Crippen LogP contribution is 2.43. The Bertz CT molecular complexity index is 1420. The number of fused-ring (bicyclic) bond motifs is 2. The van der Waals surface area contributed by atoms with Gasteiger partial charge >= 0.3 is 0 Å². The van der Waals surface area contributed by atoms with Crippen molar-refractivity contribution in [2.75, 3.05) is 38.3 Å². The molecule has 1 aliphatic heterocycles. The van der Waals surface area contributed by atoms with E-state index in [-0.39, 0.29) is 27.8 Å². The van der Waals surface area contributed by atoms with Crippen LogP contribution in [0.3, 0.4) is 0 Å². The molecule has 5 rings (SSSR count). The SMILES string of the molecule is C/C=C\C(=O)N1CCN(c2snc3c(F)c(-c4cc(O)cc5ccccc45)c(Cl)cc23)CC1.CF. The summed E-state index contributed by atoms with van der Waals surface area (Å²) in [7, 11) is 0.500. The maximum atomic E-state index is 15.8. The van der Waals surface area contributed by atoms with Gasteiger partial charge < -0.3 is 14.9 Å². The molecule has 3 aromatic carbocycles. The number of nitrogens with zero attached hydrogens (tertiary/aromatic N) is 3. The molecule has 1 fully saturated rings. The zero-order chi connectivity index (χ0) is 25.1. The second-order valence-electron chi connectivity index (χ2n) is 7.96. The minimum absolute atomic E-state index is 0.00313. The largest absolute Gasteiger partial charge is 0.508 e. The third-order valence-corrected chi connectivity index (χ3v) is 7.17. The van der Waals surface area contributed by atoms with Crippen LogP contribution in [-0.2, 0) is 4.79 Å².